The second-order valence-electron chi connectivity index (χ2n) is 9.72. The Morgan fingerprint density at radius 3 is 2.44 bits per heavy atom. The number of allylic oxidation sites excluding steroid dienone is 4. The van der Waals surface area contributed by atoms with Crippen LogP contribution < -0.4 is 5.32 Å². The number of ketones is 1. The summed E-state index contributed by atoms with van der Waals surface area (Å²) in [5.74, 6) is -3.31. The van der Waals surface area contributed by atoms with Gasteiger partial charge in [0, 0.05) is 13.3 Å². The van der Waals surface area contributed by atoms with Crippen LogP contribution in [0.4, 0.5) is 0 Å². The molecule has 0 saturated carbocycles. The Morgan fingerprint density at radius 2 is 1.83 bits per heavy atom. The van der Waals surface area contributed by atoms with Gasteiger partial charge in [-0.25, -0.2) is 0 Å². The van der Waals surface area contributed by atoms with E-state index in [4.69, 9.17) is 9.47 Å². The summed E-state index contributed by atoms with van der Waals surface area (Å²) in [5.41, 5.74) is -0.358. The summed E-state index contributed by atoms with van der Waals surface area (Å²) in [6, 6.07) is -1.12. The number of carbonyl (C=O) groups excluding carboxylic acids is 4. The van der Waals surface area contributed by atoms with Gasteiger partial charge in [0.2, 0.25) is 5.91 Å². The summed E-state index contributed by atoms with van der Waals surface area (Å²) in [7, 11) is 0. The molecular formula is C27H37NO8. The number of esters is 2. The molecule has 3 rings (SSSR count). The molecule has 36 heavy (non-hydrogen) atoms. The molecular weight excluding hydrogens is 466 g/mol. The Kier molecular flexibility index (Phi) is 9.95. The maximum atomic E-state index is 13.7. The fraction of sp³-hybridized carbons (Fsp3) is 0.556. The fourth-order valence-electron chi connectivity index (χ4n) is 4.17. The topological polar surface area (TPSA) is 139 Å². The SMILES string of the molecule is CC(=O)O[C@@H]1C=CC(C)=CC[C@H](O)C=CC(C)=C[C@@H](NC(=O)C(C)O)[C@]2(C)C(=O)O[C@H](C1)[C@@H](C)C2=O. The van der Waals surface area contributed by atoms with E-state index in [0.717, 1.165) is 5.57 Å². The lowest BCUT2D eigenvalue weighted by molar-refractivity contribution is -0.182. The molecule has 7 atom stereocenters. The van der Waals surface area contributed by atoms with Crippen molar-refractivity contribution < 1.29 is 38.9 Å². The van der Waals surface area contributed by atoms with Crippen molar-refractivity contribution in [2.75, 3.05) is 0 Å². The van der Waals surface area contributed by atoms with E-state index in [-0.39, 0.29) is 6.42 Å². The third-order valence-electron chi connectivity index (χ3n) is 6.51. The highest BCUT2D eigenvalue weighted by atomic mass is 16.6. The minimum absolute atomic E-state index is 0.0713. The first-order chi connectivity index (χ1) is 16.7. The van der Waals surface area contributed by atoms with Crippen LogP contribution in [0.2, 0.25) is 0 Å². The monoisotopic (exact) mass is 503 g/mol. The number of aliphatic hydroxyl groups excluding tert-OH is 2. The third kappa shape index (κ3) is 7.24. The molecule has 1 amide bonds. The highest BCUT2D eigenvalue weighted by Gasteiger charge is 2.56. The molecule has 0 aromatic rings. The summed E-state index contributed by atoms with van der Waals surface area (Å²) < 4.78 is 11.1. The van der Waals surface area contributed by atoms with Gasteiger partial charge in [0.1, 0.15) is 23.7 Å². The normalized spacial score (nSPS) is 32.6. The van der Waals surface area contributed by atoms with Crippen LogP contribution in [0.3, 0.4) is 0 Å². The summed E-state index contributed by atoms with van der Waals surface area (Å²) in [6.07, 6.45) is 6.59. The lowest BCUT2D eigenvalue weighted by Crippen LogP contribution is -2.62. The first-order valence-corrected chi connectivity index (χ1v) is 12.1. The molecule has 198 valence electrons. The highest BCUT2D eigenvalue weighted by molar-refractivity contribution is 6.08. The number of hydrogen-bond acceptors (Lipinski definition) is 8. The number of carbonyl (C=O) groups is 4. The van der Waals surface area contributed by atoms with E-state index in [9.17, 15) is 29.4 Å². The zero-order chi connectivity index (χ0) is 27.2. The maximum absolute atomic E-state index is 13.7. The third-order valence-corrected chi connectivity index (χ3v) is 6.51. The van der Waals surface area contributed by atoms with Crippen LogP contribution >= 0.6 is 0 Å². The van der Waals surface area contributed by atoms with Gasteiger partial charge < -0.3 is 25.0 Å². The summed E-state index contributed by atoms with van der Waals surface area (Å²) >= 11 is 0. The van der Waals surface area contributed by atoms with Gasteiger partial charge >= 0.3 is 11.9 Å². The van der Waals surface area contributed by atoms with Gasteiger partial charge in [0.25, 0.3) is 0 Å². The standard InChI is InChI=1S/C27H37NO8/c1-15-7-10-20(31)11-8-16(2)13-23(28-25(33)18(4)29)27(6)24(32)17(3)22(36-26(27)34)14-21(12-9-15)35-19(5)30/h7-9,11-13,17-18,20-23,29,31H,10,14H2,1-6H3,(H,28,33)/t17-,18?,20+,21-,22-,23-,27+/m1/s1. The van der Waals surface area contributed by atoms with Crippen LogP contribution in [0.1, 0.15) is 54.4 Å². The van der Waals surface area contributed by atoms with Crippen LogP contribution in [-0.2, 0) is 28.7 Å². The summed E-state index contributed by atoms with van der Waals surface area (Å²) in [5, 5.41) is 22.7. The van der Waals surface area contributed by atoms with Crippen LogP contribution in [0, 0.1) is 11.3 Å². The molecule has 9 nitrogen and oxygen atoms in total. The molecule has 9 heteroatoms. The molecule has 0 aromatic carbocycles. The summed E-state index contributed by atoms with van der Waals surface area (Å²) in [6.45, 7) is 9.13. The Hall–Kier alpha value is -3.04. The number of ether oxygens (including phenoxy) is 2. The number of rotatable bonds is 3. The highest BCUT2D eigenvalue weighted by Crippen LogP contribution is 2.38. The molecule has 3 aliphatic rings. The molecule has 0 aromatic heterocycles. The average Bonchev–Trinajstić information content (AvgIpc) is 2.80. The minimum atomic E-state index is -1.77. The lowest BCUT2D eigenvalue weighted by Gasteiger charge is -2.42. The Morgan fingerprint density at radius 1 is 1.19 bits per heavy atom. The Bertz CT molecular complexity index is 992. The summed E-state index contributed by atoms with van der Waals surface area (Å²) in [4.78, 5) is 51.0. The molecule has 2 aliphatic heterocycles. The second-order valence-corrected chi connectivity index (χ2v) is 9.72. The van der Waals surface area contributed by atoms with Crippen molar-refractivity contribution in [1.29, 1.82) is 0 Å². The van der Waals surface area contributed by atoms with Gasteiger partial charge in [-0.05, 0) is 40.2 Å². The van der Waals surface area contributed by atoms with E-state index in [1.165, 1.54) is 26.8 Å². The van der Waals surface area contributed by atoms with Crippen molar-refractivity contribution in [2.24, 2.45) is 11.3 Å². The Balaban J connectivity index is 2.60. The van der Waals surface area contributed by atoms with Crippen LogP contribution in [0.5, 0.6) is 0 Å². The van der Waals surface area contributed by atoms with Crippen molar-refractivity contribution in [3.8, 4) is 0 Å². The van der Waals surface area contributed by atoms with Gasteiger partial charge in [-0.3, -0.25) is 19.2 Å². The lowest BCUT2D eigenvalue weighted by atomic mass is 9.69. The van der Waals surface area contributed by atoms with Gasteiger partial charge in [-0.2, -0.15) is 0 Å². The molecule has 1 aliphatic carbocycles. The predicted molar refractivity (Wildman–Crippen MR) is 132 cm³/mol. The molecule has 1 unspecified atom stereocenters. The quantitative estimate of drug-likeness (QED) is 0.393. The van der Waals surface area contributed by atoms with E-state index in [2.05, 4.69) is 5.32 Å². The molecule has 1 fully saturated rings. The van der Waals surface area contributed by atoms with E-state index in [0.29, 0.717) is 12.0 Å². The van der Waals surface area contributed by atoms with E-state index in [1.54, 1.807) is 38.2 Å². The number of fused-ring (bicyclic) bond motifs is 10. The number of Topliss-reactive ketones (excluding diaryl/α,β-unsaturated/α-hetero) is 1. The predicted octanol–water partition coefficient (Wildman–Crippen LogP) is 2.08. The van der Waals surface area contributed by atoms with Crippen LogP contribution in [0.25, 0.3) is 0 Å². The van der Waals surface area contributed by atoms with Crippen molar-refractivity contribution >= 4 is 23.6 Å². The zero-order valence-electron chi connectivity index (χ0n) is 21.7. The minimum Gasteiger partial charge on any atom is -0.461 e. The van der Waals surface area contributed by atoms with Gasteiger partial charge in [0.15, 0.2) is 5.78 Å². The fourth-order valence-corrected chi connectivity index (χ4v) is 4.17. The number of hydrogen-bond donors (Lipinski definition) is 3. The molecule has 1 saturated heterocycles. The van der Waals surface area contributed by atoms with E-state index in [1.807, 2.05) is 13.0 Å². The average molecular weight is 504 g/mol. The maximum Gasteiger partial charge on any atom is 0.322 e. The first-order valence-electron chi connectivity index (χ1n) is 12.1. The van der Waals surface area contributed by atoms with Crippen molar-refractivity contribution in [3.05, 3.63) is 47.6 Å². The van der Waals surface area contributed by atoms with E-state index >= 15 is 0 Å². The smallest absolute Gasteiger partial charge is 0.322 e. The van der Waals surface area contributed by atoms with Gasteiger partial charge in [0.05, 0.1) is 18.1 Å². The van der Waals surface area contributed by atoms with Gasteiger partial charge in [-0.15, -0.1) is 0 Å². The number of aliphatic hydroxyl groups is 2. The van der Waals surface area contributed by atoms with Crippen LogP contribution in [0.15, 0.2) is 47.6 Å². The Labute approximate surface area is 211 Å². The van der Waals surface area contributed by atoms with Crippen molar-refractivity contribution in [1.82, 2.24) is 5.32 Å². The zero-order valence-corrected chi connectivity index (χ0v) is 21.7. The van der Waals surface area contributed by atoms with Crippen LogP contribution in [-0.4, -0.2) is 64.3 Å². The molecule has 2 heterocycles. The number of nitrogens with one attached hydrogen (secondary N) is 1. The van der Waals surface area contributed by atoms with Gasteiger partial charge in [-0.1, -0.05) is 48.5 Å². The molecule has 0 radical (unpaired) electrons. The molecule has 2 bridgehead atoms. The molecule has 0 spiro atoms. The van der Waals surface area contributed by atoms with Crippen molar-refractivity contribution in [3.63, 3.8) is 0 Å². The second kappa shape index (κ2) is 12.3. The van der Waals surface area contributed by atoms with Crippen molar-refractivity contribution in [2.45, 2.75) is 84.8 Å². The largest absolute Gasteiger partial charge is 0.461 e. The molecule has 3 N–H and O–H groups in total. The number of amides is 1. The first kappa shape index (κ1) is 29.2. The van der Waals surface area contributed by atoms with E-state index < -0.39 is 65.4 Å².